The zero-order valence-electron chi connectivity index (χ0n) is 12.0. The maximum absolute atomic E-state index is 13.6. The van der Waals surface area contributed by atoms with E-state index >= 15 is 0 Å². The van der Waals surface area contributed by atoms with Crippen LogP contribution in [0.2, 0.25) is 0 Å². The fourth-order valence-corrected chi connectivity index (χ4v) is 3.63. The van der Waals surface area contributed by atoms with Gasteiger partial charge in [0.05, 0.1) is 0 Å². The lowest BCUT2D eigenvalue weighted by Gasteiger charge is -2.08. The Morgan fingerprint density at radius 3 is 2.43 bits per heavy atom. The van der Waals surface area contributed by atoms with Crippen LogP contribution in [0, 0.1) is 11.6 Å². The van der Waals surface area contributed by atoms with Gasteiger partial charge in [-0.2, -0.15) is 0 Å². The van der Waals surface area contributed by atoms with Crippen LogP contribution in [-0.4, -0.2) is 19.9 Å². The van der Waals surface area contributed by atoms with Crippen molar-refractivity contribution in [2.75, 3.05) is 6.54 Å². The zero-order valence-corrected chi connectivity index (χ0v) is 12.8. The molecule has 4 nitrogen and oxygen atoms in total. The molecule has 0 aliphatic rings. The number of aromatic nitrogens is 1. The molecule has 2 aromatic carbocycles. The second-order valence-electron chi connectivity index (χ2n) is 5.06. The van der Waals surface area contributed by atoms with Crippen LogP contribution < -0.4 is 4.72 Å². The normalized spacial score (nSPS) is 11.9. The van der Waals surface area contributed by atoms with Crippen molar-refractivity contribution in [2.45, 2.75) is 11.3 Å². The van der Waals surface area contributed by atoms with E-state index in [2.05, 4.69) is 9.71 Å². The Morgan fingerprint density at radius 1 is 1.00 bits per heavy atom. The Balaban J connectivity index is 1.75. The van der Waals surface area contributed by atoms with Crippen LogP contribution in [0.25, 0.3) is 10.9 Å². The van der Waals surface area contributed by atoms with Gasteiger partial charge in [0.15, 0.2) is 4.90 Å². The molecule has 0 radical (unpaired) electrons. The van der Waals surface area contributed by atoms with E-state index in [0.717, 1.165) is 34.7 Å². The Hall–Kier alpha value is -2.25. The van der Waals surface area contributed by atoms with Gasteiger partial charge in [-0.1, -0.05) is 24.3 Å². The van der Waals surface area contributed by atoms with Gasteiger partial charge in [-0.25, -0.2) is 21.9 Å². The highest BCUT2D eigenvalue weighted by atomic mass is 32.2. The largest absolute Gasteiger partial charge is 0.361 e. The van der Waals surface area contributed by atoms with Crippen LogP contribution >= 0.6 is 0 Å². The van der Waals surface area contributed by atoms with E-state index < -0.39 is 26.6 Å². The molecule has 0 spiro atoms. The number of sulfonamides is 1. The Bertz CT molecular complexity index is 931. The molecule has 3 aromatic rings. The summed E-state index contributed by atoms with van der Waals surface area (Å²) in [5.41, 5.74) is 1.88. The summed E-state index contributed by atoms with van der Waals surface area (Å²) in [4.78, 5) is 2.14. The van der Waals surface area contributed by atoms with E-state index in [1.807, 2.05) is 24.3 Å². The number of para-hydroxylation sites is 1. The molecule has 0 aliphatic carbocycles. The van der Waals surface area contributed by atoms with E-state index in [0.29, 0.717) is 6.42 Å². The first-order valence-corrected chi connectivity index (χ1v) is 8.46. The fraction of sp³-hybridized carbons (Fsp3) is 0.125. The first-order chi connectivity index (χ1) is 11.0. The first-order valence-electron chi connectivity index (χ1n) is 6.98. The van der Waals surface area contributed by atoms with Crippen LogP contribution in [0.5, 0.6) is 0 Å². The SMILES string of the molecule is O=S(=O)(NCCc1c[nH]c2ccccc12)c1c(F)cccc1F. The molecule has 120 valence electrons. The van der Waals surface area contributed by atoms with Crippen molar-refractivity contribution in [1.29, 1.82) is 0 Å². The number of H-pyrrole nitrogens is 1. The molecule has 7 heteroatoms. The van der Waals surface area contributed by atoms with Crippen LogP contribution in [0.4, 0.5) is 8.78 Å². The molecule has 0 bridgehead atoms. The Morgan fingerprint density at radius 2 is 1.70 bits per heavy atom. The Labute approximate surface area is 132 Å². The van der Waals surface area contributed by atoms with Crippen molar-refractivity contribution >= 4 is 20.9 Å². The van der Waals surface area contributed by atoms with Crippen LogP contribution in [0.1, 0.15) is 5.56 Å². The smallest absolute Gasteiger partial charge is 0.246 e. The van der Waals surface area contributed by atoms with Gasteiger partial charge < -0.3 is 4.98 Å². The molecule has 0 unspecified atom stereocenters. The standard InChI is InChI=1S/C16H14F2N2O2S/c17-13-5-3-6-14(18)16(13)23(21,22)20-9-8-11-10-19-15-7-2-1-4-12(11)15/h1-7,10,19-20H,8-9H2. The van der Waals surface area contributed by atoms with Gasteiger partial charge in [-0.05, 0) is 30.2 Å². The number of rotatable bonds is 5. The topological polar surface area (TPSA) is 62.0 Å². The Kier molecular flexibility index (Phi) is 4.14. The van der Waals surface area contributed by atoms with Gasteiger partial charge in [0.2, 0.25) is 10.0 Å². The molecule has 0 aliphatic heterocycles. The summed E-state index contributed by atoms with van der Waals surface area (Å²) in [6.45, 7) is 0.0396. The van der Waals surface area contributed by atoms with E-state index in [1.165, 1.54) is 0 Å². The first kappa shape index (κ1) is 15.6. The van der Waals surface area contributed by atoms with Crippen LogP contribution in [0.3, 0.4) is 0 Å². The van der Waals surface area contributed by atoms with E-state index in [9.17, 15) is 17.2 Å². The molecular weight excluding hydrogens is 322 g/mol. The number of nitrogens with one attached hydrogen (secondary N) is 2. The van der Waals surface area contributed by atoms with Gasteiger partial charge in [0, 0.05) is 23.6 Å². The summed E-state index contributed by atoms with van der Waals surface area (Å²) in [5, 5.41) is 0.990. The van der Waals surface area contributed by atoms with Gasteiger partial charge in [0.1, 0.15) is 11.6 Å². The van der Waals surface area contributed by atoms with Gasteiger partial charge in [-0.15, -0.1) is 0 Å². The lowest BCUT2D eigenvalue weighted by molar-refractivity contribution is 0.514. The molecule has 1 aromatic heterocycles. The predicted octanol–water partition coefficient (Wildman–Crippen LogP) is 2.97. The van der Waals surface area contributed by atoms with Crippen molar-refractivity contribution in [1.82, 2.24) is 9.71 Å². The molecule has 0 amide bonds. The van der Waals surface area contributed by atoms with Crippen molar-refractivity contribution in [3.05, 3.63) is 65.9 Å². The lowest BCUT2D eigenvalue weighted by Crippen LogP contribution is -2.27. The minimum atomic E-state index is -4.24. The summed E-state index contributed by atoms with van der Waals surface area (Å²) in [7, 11) is -4.24. The molecule has 0 fully saturated rings. The quantitative estimate of drug-likeness (QED) is 0.752. The van der Waals surface area contributed by atoms with Gasteiger partial charge in [-0.3, -0.25) is 0 Å². The summed E-state index contributed by atoms with van der Waals surface area (Å²) in [6, 6.07) is 10.6. The molecule has 0 saturated carbocycles. The number of hydrogen-bond acceptors (Lipinski definition) is 2. The summed E-state index contributed by atoms with van der Waals surface area (Å²) < 4.78 is 53.6. The minimum absolute atomic E-state index is 0.0396. The monoisotopic (exact) mass is 336 g/mol. The molecule has 2 N–H and O–H groups in total. The zero-order chi connectivity index (χ0) is 16.4. The van der Waals surface area contributed by atoms with E-state index in [-0.39, 0.29) is 6.54 Å². The summed E-state index contributed by atoms with van der Waals surface area (Å²) in [5.74, 6) is -2.21. The van der Waals surface area contributed by atoms with Crippen molar-refractivity contribution in [3.63, 3.8) is 0 Å². The molecule has 0 saturated heterocycles. The third-order valence-electron chi connectivity index (χ3n) is 3.55. The van der Waals surface area contributed by atoms with Crippen molar-refractivity contribution in [3.8, 4) is 0 Å². The molecule has 1 heterocycles. The lowest BCUT2D eigenvalue weighted by atomic mass is 10.1. The minimum Gasteiger partial charge on any atom is -0.361 e. The average molecular weight is 336 g/mol. The van der Waals surface area contributed by atoms with Crippen molar-refractivity contribution in [2.24, 2.45) is 0 Å². The van der Waals surface area contributed by atoms with Gasteiger partial charge >= 0.3 is 0 Å². The summed E-state index contributed by atoms with van der Waals surface area (Å²) >= 11 is 0. The molecule has 23 heavy (non-hydrogen) atoms. The molecule has 3 rings (SSSR count). The summed E-state index contributed by atoms with van der Waals surface area (Å²) in [6.07, 6.45) is 2.20. The highest BCUT2D eigenvalue weighted by Crippen LogP contribution is 2.19. The number of fused-ring (bicyclic) bond motifs is 1. The molecule has 0 atom stereocenters. The maximum atomic E-state index is 13.6. The second-order valence-corrected chi connectivity index (χ2v) is 6.76. The van der Waals surface area contributed by atoms with Crippen LogP contribution in [0.15, 0.2) is 53.6 Å². The third kappa shape index (κ3) is 3.11. The highest BCUT2D eigenvalue weighted by molar-refractivity contribution is 7.89. The predicted molar refractivity (Wildman–Crippen MR) is 83.5 cm³/mol. The van der Waals surface area contributed by atoms with Gasteiger partial charge in [0.25, 0.3) is 0 Å². The maximum Gasteiger partial charge on any atom is 0.246 e. The third-order valence-corrected chi connectivity index (χ3v) is 5.06. The number of halogens is 2. The fourth-order valence-electron chi connectivity index (χ4n) is 2.47. The second kappa shape index (κ2) is 6.10. The molecular formula is C16H14F2N2O2S. The van der Waals surface area contributed by atoms with Crippen LogP contribution in [-0.2, 0) is 16.4 Å². The highest BCUT2D eigenvalue weighted by Gasteiger charge is 2.23. The van der Waals surface area contributed by atoms with E-state index in [1.54, 1.807) is 6.20 Å². The van der Waals surface area contributed by atoms with E-state index in [4.69, 9.17) is 0 Å². The number of aromatic amines is 1. The average Bonchev–Trinajstić information content (AvgIpc) is 2.90. The number of hydrogen-bond donors (Lipinski definition) is 2. The number of benzene rings is 2. The van der Waals surface area contributed by atoms with Crippen molar-refractivity contribution < 1.29 is 17.2 Å².